The number of aromatic amines is 1. The fraction of sp³-hybridized carbons (Fsp3) is 0.391. The Labute approximate surface area is 184 Å². The maximum absolute atomic E-state index is 12.7. The topological polar surface area (TPSA) is 82.2 Å². The van der Waals surface area contributed by atoms with Gasteiger partial charge in [-0.05, 0) is 46.9 Å². The van der Waals surface area contributed by atoms with E-state index in [0.717, 1.165) is 47.7 Å². The monoisotopic (exact) mass is 435 g/mol. The van der Waals surface area contributed by atoms with Gasteiger partial charge in [0.1, 0.15) is 5.82 Å². The van der Waals surface area contributed by atoms with E-state index in [1.807, 2.05) is 34.0 Å². The number of nitrogens with one attached hydrogen (secondary N) is 1. The van der Waals surface area contributed by atoms with Gasteiger partial charge in [-0.2, -0.15) is 11.3 Å². The van der Waals surface area contributed by atoms with Crippen molar-refractivity contribution in [3.8, 4) is 0 Å². The predicted octanol–water partition coefficient (Wildman–Crippen LogP) is 2.34. The number of thiophene rings is 1. The number of amides is 1. The van der Waals surface area contributed by atoms with Crippen LogP contribution >= 0.6 is 11.3 Å². The number of aromatic nitrogens is 3. The van der Waals surface area contributed by atoms with Gasteiger partial charge >= 0.3 is 0 Å². The third-order valence-corrected chi connectivity index (χ3v) is 6.89. The van der Waals surface area contributed by atoms with E-state index in [4.69, 9.17) is 4.98 Å². The van der Waals surface area contributed by atoms with E-state index in [9.17, 15) is 9.59 Å². The Bertz CT molecular complexity index is 1110. The van der Waals surface area contributed by atoms with Crippen molar-refractivity contribution in [3.05, 3.63) is 79.9 Å². The number of carbonyl (C=O) groups excluding carboxylic acids is 1. The molecule has 160 valence electrons. The molecule has 5 heterocycles. The summed E-state index contributed by atoms with van der Waals surface area (Å²) < 4.78 is 0. The Hall–Kier alpha value is -2.84. The highest BCUT2D eigenvalue weighted by molar-refractivity contribution is 7.08. The first-order chi connectivity index (χ1) is 15.2. The number of rotatable bonds is 5. The van der Waals surface area contributed by atoms with Gasteiger partial charge in [-0.3, -0.25) is 19.5 Å². The van der Waals surface area contributed by atoms with E-state index in [-0.39, 0.29) is 17.4 Å². The molecule has 5 rings (SSSR count). The van der Waals surface area contributed by atoms with Crippen LogP contribution in [0.3, 0.4) is 0 Å². The molecule has 0 bridgehead atoms. The molecule has 0 radical (unpaired) electrons. The molecule has 7 nitrogen and oxygen atoms in total. The second-order valence-electron chi connectivity index (χ2n) is 8.33. The summed E-state index contributed by atoms with van der Waals surface area (Å²) in [6.07, 6.45) is 5.63. The number of carbonyl (C=O) groups is 1. The summed E-state index contributed by atoms with van der Waals surface area (Å²) in [6, 6.07) is 6.01. The van der Waals surface area contributed by atoms with Crippen LogP contribution in [-0.2, 0) is 30.7 Å². The summed E-state index contributed by atoms with van der Waals surface area (Å²) >= 11 is 1.61. The summed E-state index contributed by atoms with van der Waals surface area (Å²) in [4.78, 5) is 41.6. The second-order valence-corrected chi connectivity index (χ2v) is 9.11. The van der Waals surface area contributed by atoms with Crippen LogP contribution in [0.1, 0.15) is 40.5 Å². The molecule has 0 aliphatic carbocycles. The van der Waals surface area contributed by atoms with Crippen molar-refractivity contribution in [2.45, 2.75) is 38.3 Å². The molecule has 0 spiro atoms. The van der Waals surface area contributed by atoms with Crippen molar-refractivity contribution in [1.29, 1.82) is 0 Å². The van der Waals surface area contributed by atoms with Gasteiger partial charge < -0.3 is 9.88 Å². The van der Waals surface area contributed by atoms with E-state index in [1.165, 1.54) is 0 Å². The highest BCUT2D eigenvalue weighted by Gasteiger charge is 2.30. The van der Waals surface area contributed by atoms with Gasteiger partial charge in [0.05, 0.1) is 12.1 Å². The summed E-state index contributed by atoms with van der Waals surface area (Å²) in [5.41, 5.74) is 3.87. The van der Waals surface area contributed by atoms with E-state index in [2.05, 4.69) is 20.9 Å². The normalized spacial score (nSPS) is 18.8. The third kappa shape index (κ3) is 4.45. The molecule has 31 heavy (non-hydrogen) atoms. The average molecular weight is 436 g/mol. The minimum Gasteiger partial charge on any atom is -0.342 e. The zero-order valence-electron chi connectivity index (χ0n) is 17.3. The minimum absolute atomic E-state index is 0.0240. The first-order valence-corrected chi connectivity index (χ1v) is 11.6. The minimum atomic E-state index is -0.0240. The van der Waals surface area contributed by atoms with Crippen LogP contribution < -0.4 is 5.56 Å². The first-order valence-electron chi connectivity index (χ1n) is 10.7. The van der Waals surface area contributed by atoms with Gasteiger partial charge in [-0.15, -0.1) is 0 Å². The molecule has 1 atom stereocenters. The number of fused-ring (bicyclic) bond motifs is 1. The molecule has 2 aliphatic heterocycles. The van der Waals surface area contributed by atoms with Crippen molar-refractivity contribution in [2.24, 2.45) is 0 Å². The molecule has 3 aromatic rings. The van der Waals surface area contributed by atoms with Crippen molar-refractivity contribution in [2.75, 3.05) is 19.6 Å². The highest BCUT2D eigenvalue weighted by atomic mass is 32.1. The highest BCUT2D eigenvalue weighted by Crippen LogP contribution is 2.26. The van der Waals surface area contributed by atoms with Crippen LogP contribution in [-0.4, -0.2) is 50.3 Å². The van der Waals surface area contributed by atoms with Gasteiger partial charge in [0, 0.05) is 56.6 Å². The smallest absolute Gasteiger partial charge is 0.254 e. The Balaban J connectivity index is 1.28. The second kappa shape index (κ2) is 8.72. The molecule has 3 aromatic heterocycles. The van der Waals surface area contributed by atoms with E-state index < -0.39 is 0 Å². The zero-order chi connectivity index (χ0) is 21.2. The number of hydrogen-bond donors (Lipinski definition) is 1. The van der Waals surface area contributed by atoms with Gasteiger partial charge in [0.2, 0.25) is 5.91 Å². The fourth-order valence-corrected chi connectivity index (χ4v) is 5.15. The lowest BCUT2D eigenvalue weighted by atomic mass is 10.0. The number of pyridine rings is 1. The number of hydrogen-bond acceptors (Lipinski definition) is 6. The summed E-state index contributed by atoms with van der Waals surface area (Å²) in [5, 5.41) is 4.01. The van der Waals surface area contributed by atoms with Crippen LogP contribution in [0, 0.1) is 0 Å². The quantitative estimate of drug-likeness (QED) is 0.665. The van der Waals surface area contributed by atoms with E-state index in [1.54, 1.807) is 17.5 Å². The predicted molar refractivity (Wildman–Crippen MR) is 119 cm³/mol. The average Bonchev–Trinajstić information content (AvgIpc) is 3.46. The van der Waals surface area contributed by atoms with Gasteiger partial charge in [-0.1, -0.05) is 6.07 Å². The fourth-order valence-electron chi connectivity index (χ4n) is 4.48. The molecule has 1 amide bonds. The number of H-pyrrole nitrogens is 1. The summed E-state index contributed by atoms with van der Waals surface area (Å²) in [5.74, 6) is 0.944. The Morgan fingerprint density at radius 2 is 2.19 bits per heavy atom. The van der Waals surface area contributed by atoms with Crippen molar-refractivity contribution in [3.63, 3.8) is 0 Å². The number of nitrogens with zero attached hydrogens (tertiary/aromatic N) is 4. The molecule has 2 aliphatic rings. The van der Waals surface area contributed by atoms with Crippen molar-refractivity contribution >= 4 is 17.2 Å². The van der Waals surface area contributed by atoms with Gasteiger partial charge in [0.15, 0.2) is 0 Å². The van der Waals surface area contributed by atoms with Crippen LogP contribution in [0.5, 0.6) is 0 Å². The lowest BCUT2D eigenvalue weighted by Gasteiger charge is -2.28. The summed E-state index contributed by atoms with van der Waals surface area (Å²) in [6.45, 7) is 3.62. The largest absolute Gasteiger partial charge is 0.342 e. The lowest BCUT2D eigenvalue weighted by Crippen LogP contribution is -2.36. The molecule has 8 heteroatoms. The van der Waals surface area contributed by atoms with E-state index in [0.29, 0.717) is 32.5 Å². The lowest BCUT2D eigenvalue weighted by molar-refractivity contribution is -0.129. The maximum Gasteiger partial charge on any atom is 0.254 e. The van der Waals surface area contributed by atoms with Crippen LogP contribution in [0.25, 0.3) is 0 Å². The molecule has 0 saturated carbocycles. The van der Waals surface area contributed by atoms with Crippen LogP contribution in [0.15, 0.2) is 46.1 Å². The first kappa shape index (κ1) is 20.1. The molecular weight excluding hydrogens is 410 g/mol. The van der Waals surface area contributed by atoms with Gasteiger partial charge in [-0.25, -0.2) is 4.98 Å². The summed E-state index contributed by atoms with van der Waals surface area (Å²) in [7, 11) is 0. The van der Waals surface area contributed by atoms with Crippen molar-refractivity contribution < 1.29 is 4.79 Å². The standard InChI is InChI=1S/C23H25N5O2S/c29-21(10-16-5-9-31-15-16)28-8-3-18(13-28)22-25-20-14-27(7-4-19(20)23(30)26-22)12-17-2-1-6-24-11-17/h1-2,5-6,9,11,15,18H,3-4,7-8,10,12-14H2,(H,25,26,30). The van der Waals surface area contributed by atoms with Gasteiger partial charge in [0.25, 0.3) is 5.56 Å². The Morgan fingerprint density at radius 3 is 3.00 bits per heavy atom. The molecule has 1 unspecified atom stereocenters. The van der Waals surface area contributed by atoms with Crippen LogP contribution in [0.4, 0.5) is 0 Å². The molecular formula is C23H25N5O2S. The Kier molecular flexibility index (Phi) is 5.65. The third-order valence-electron chi connectivity index (χ3n) is 6.16. The van der Waals surface area contributed by atoms with E-state index >= 15 is 0 Å². The molecule has 1 fully saturated rings. The molecule has 0 aromatic carbocycles. The maximum atomic E-state index is 12.7. The molecule has 1 N–H and O–H groups in total. The SMILES string of the molecule is O=C(Cc1ccsc1)N1CCC(c2nc3c(c(=O)[nH]2)CCN(Cc2cccnc2)C3)C1. The molecule has 1 saturated heterocycles. The van der Waals surface area contributed by atoms with Crippen LogP contribution in [0.2, 0.25) is 0 Å². The zero-order valence-corrected chi connectivity index (χ0v) is 18.1. The van der Waals surface area contributed by atoms with Crippen molar-refractivity contribution in [1.82, 2.24) is 24.8 Å². The Morgan fingerprint density at radius 1 is 1.26 bits per heavy atom. The number of likely N-dealkylation sites (tertiary alicyclic amines) is 1.